The molecule has 0 unspecified atom stereocenters. The Morgan fingerprint density at radius 3 is 1.39 bits per heavy atom. The Morgan fingerprint density at radius 1 is 0.237 bits per heavy atom. The van der Waals surface area contributed by atoms with Crippen LogP contribution in [0.15, 0.2) is 146 Å². The summed E-state index contributed by atoms with van der Waals surface area (Å²) in [5.74, 6) is 0. The van der Waals surface area contributed by atoms with E-state index in [0.29, 0.717) is 0 Å². The monoisotopic (exact) mass is 480 g/mol. The summed E-state index contributed by atoms with van der Waals surface area (Å²) in [6, 6.07) is 53.4. The first-order valence-corrected chi connectivity index (χ1v) is 13.2. The van der Waals surface area contributed by atoms with Gasteiger partial charge in [0, 0.05) is 0 Å². The molecule has 0 fully saturated rings. The zero-order valence-electron chi connectivity index (χ0n) is 20.9. The molecule has 0 atom stereocenters. The second kappa shape index (κ2) is 8.30. The smallest absolute Gasteiger partial charge is 0.00201 e. The van der Waals surface area contributed by atoms with E-state index >= 15 is 0 Å². The van der Waals surface area contributed by atoms with Gasteiger partial charge in [-0.15, -0.1) is 0 Å². The van der Waals surface area contributed by atoms with Crippen LogP contribution in [0, 0.1) is 0 Å². The van der Waals surface area contributed by atoms with Crippen LogP contribution in [0.25, 0.3) is 76.1 Å². The number of fused-ring (bicyclic) bond motifs is 6. The van der Waals surface area contributed by atoms with Crippen molar-refractivity contribution in [3.63, 3.8) is 0 Å². The molecule has 0 aliphatic rings. The molecule has 0 heterocycles. The summed E-state index contributed by atoms with van der Waals surface area (Å²) < 4.78 is 0. The zero-order valence-corrected chi connectivity index (χ0v) is 20.9. The lowest BCUT2D eigenvalue weighted by Gasteiger charge is -2.18. The van der Waals surface area contributed by atoms with Gasteiger partial charge in [-0.1, -0.05) is 140 Å². The van der Waals surface area contributed by atoms with Crippen molar-refractivity contribution in [3.05, 3.63) is 146 Å². The first-order chi connectivity index (χ1) is 18.9. The van der Waals surface area contributed by atoms with Gasteiger partial charge in [-0.2, -0.15) is 0 Å². The topological polar surface area (TPSA) is 0 Å². The Kier molecular flexibility index (Phi) is 4.62. The van der Waals surface area contributed by atoms with Gasteiger partial charge in [-0.05, 0) is 82.2 Å². The molecule has 0 aliphatic heterocycles. The van der Waals surface area contributed by atoms with Gasteiger partial charge in [0.2, 0.25) is 0 Å². The molecule has 8 aromatic carbocycles. The molecule has 176 valence electrons. The Bertz CT molecular complexity index is 2170. The van der Waals surface area contributed by atoms with E-state index in [9.17, 15) is 0 Å². The maximum absolute atomic E-state index is 2.43. The minimum atomic E-state index is 1.26. The van der Waals surface area contributed by atoms with Crippen molar-refractivity contribution in [1.29, 1.82) is 0 Å². The number of rotatable bonds is 2. The van der Waals surface area contributed by atoms with E-state index in [-0.39, 0.29) is 0 Å². The third-order valence-electron chi connectivity index (χ3n) is 8.04. The minimum Gasteiger partial charge on any atom is -0.0616 e. The van der Waals surface area contributed by atoms with Crippen molar-refractivity contribution in [1.82, 2.24) is 0 Å². The highest BCUT2D eigenvalue weighted by Crippen LogP contribution is 2.44. The summed E-state index contributed by atoms with van der Waals surface area (Å²) in [5, 5.41) is 12.8. The molecule has 0 heteroatoms. The van der Waals surface area contributed by atoms with E-state index in [1.165, 1.54) is 76.1 Å². The fraction of sp³-hybridized carbons (Fsp3) is 0. The van der Waals surface area contributed by atoms with Crippen molar-refractivity contribution >= 4 is 53.9 Å². The lowest BCUT2D eigenvalue weighted by molar-refractivity contribution is 1.68. The van der Waals surface area contributed by atoms with E-state index < -0.39 is 0 Å². The van der Waals surface area contributed by atoms with Crippen LogP contribution < -0.4 is 0 Å². The van der Waals surface area contributed by atoms with Crippen LogP contribution in [-0.4, -0.2) is 0 Å². The maximum atomic E-state index is 2.43. The average Bonchev–Trinajstić information content (AvgIpc) is 2.99. The maximum Gasteiger partial charge on any atom is -0.00201 e. The molecule has 0 aromatic heterocycles. The van der Waals surface area contributed by atoms with Crippen LogP contribution >= 0.6 is 0 Å². The predicted octanol–water partition coefficient (Wildman–Crippen LogP) is 10.8. The van der Waals surface area contributed by atoms with Crippen LogP contribution in [0.3, 0.4) is 0 Å². The van der Waals surface area contributed by atoms with Crippen LogP contribution in [0.5, 0.6) is 0 Å². The first-order valence-electron chi connectivity index (χ1n) is 13.2. The van der Waals surface area contributed by atoms with E-state index in [0.717, 1.165) is 0 Å². The molecule has 38 heavy (non-hydrogen) atoms. The minimum absolute atomic E-state index is 1.26. The molecule has 0 aliphatic carbocycles. The summed E-state index contributed by atoms with van der Waals surface area (Å²) >= 11 is 0. The van der Waals surface area contributed by atoms with Crippen molar-refractivity contribution in [2.75, 3.05) is 0 Å². The Labute approximate surface area is 221 Å². The molecule has 0 saturated carbocycles. The van der Waals surface area contributed by atoms with E-state index in [1.807, 2.05) is 0 Å². The summed E-state index contributed by atoms with van der Waals surface area (Å²) in [6.07, 6.45) is 0. The Hall–Kier alpha value is -4.94. The third-order valence-corrected chi connectivity index (χ3v) is 8.04. The lowest BCUT2D eigenvalue weighted by atomic mass is 9.85. The molecule has 0 N–H and O–H groups in total. The van der Waals surface area contributed by atoms with Crippen LogP contribution in [-0.2, 0) is 0 Å². The molecule has 8 aromatic rings. The van der Waals surface area contributed by atoms with Gasteiger partial charge >= 0.3 is 0 Å². The van der Waals surface area contributed by atoms with Crippen LogP contribution in [0.4, 0.5) is 0 Å². The van der Waals surface area contributed by atoms with Crippen molar-refractivity contribution in [3.8, 4) is 22.3 Å². The normalized spacial score (nSPS) is 11.7. The van der Waals surface area contributed by atoms with E-state index in [2.05, 4.69) is 146 Å². The third kappa shape index (κ3) is 3.11. The average molecular weight is 481 g/mol. The molecule has 8 rings (SSSR count). The van der Waals surface area contributed by atoms with E-state index in [1.54, 1.807) is 0 Å². The molecule has 0 saturated heterocycles. The molecular weight excluding hydrogens is 456 g/mol. The summed E-state index contributed by atoms with van der Waals surface area (Å²) in [4.78, 5) is 0. The standard InChI is InChI=1S/C38H24/c1-4-15-28-25(10-1)13-7-18-31(28)32-19-9-21-34-37(32)24-36-30-17-6-3-12-27(30)22-23-35(36)38(34)33-20-8-14-26-11-2-5-16-29(26)33/h1-24H. The van der Waals surface area contributed by atoms with Gasteiger partial charge in [0.25, 0.3) is 0 Å². The largest absolute Gasteiger partial charge is 0.0616 e. The van der Waals surface area contributed by atoms with Crippen LogP contribution in [0.2, 0.25) is 0 Å². The number of benzene rings is 8. The second-order valence-electron chi connectivity index (χ2n) is 10.1. The molecule has 0 nitrogen and oxygen atoms in total. The predicted molar refractivity (Wildman–Crippen MR) is 165 cm³/mol. The van der Waals surface area contributed by atoms with Gasteiger partial charge in [0.1, 0.15) is 0 Å². The summed E-state index contributed by atoms with van der Waals surface area (Å²) in [7, 11) is 0. The second-order valence-corrected chi connectivity index (χ2v) is 10.1. The van der Waals surface area contributed by atoms with Crippen molar-refractivity contribution in [2.24, 2.45) is 0 Å². The van der Waals surface area contributed by atoms with Crippen molar-refractivity contribution in [2.45, 2.75) is 0 Å². The van der Waals surface area contributed by atoms with Crippen molar-refractivity contribution < 1.29 is 0 Å². The summed E-state index contributed by atoms with van der Waals surface area (Å²) in [6.45, 7) is 0. The Balaban J connectivity index is 1.60. The van der Waals surface area contributed by atoms with Gasteiger partial charge in [-0.3, -0.25) is 0 Å². The zero-order chi connectivity index (χ0) is 25.1. The summed E-state index contributed by atoms with van der Waals surface area (Å²) in [5.41, 5.74) is 5.14. The number of hydrogen-bond acceptors (Lipinski definition) is 0. The van der Waals surface area contributed by atoms with Gasteiger partial charge < -0.3 is 0 Å². The first kappa shape index (κ1) is 21.2. The van der Waals surface area contributed by atoms with E-state index in [4.69, 9.17) is 0 Å². The fourth-order valence-electron chi connectivity index (χ4n) is 6.33. The van der Waals surface area contributed by atoms with Crippen LogP contribution in [0.1, 0.15) is 0 Å². The SMILES string of the molecule is c1ccc2c(-c3cccc4c(-c5cccc6ccccc56)c5ccc6ccccc6c5cc34)cccc2c1. The number of hydrogen-bond donors (Lipinski definition) is 0. The highest BCUT2D eigenvalue weighted by molar-refractivity contribution is 6.24. The van der Waals surface area contributed by atoms with Gasteiger partial charge in [0.15, 0.2) is 0 Å². The lowest BCUT2D eigenvalue weighted by Crippen LogP contribution is -1.91. The van der Waals surface area contributed by atoms with Gasteiger partial charge in [-0.25, -0.2) is 0 Å². The molecule has 0 amide bonds. The molecule has 0 bridgehead atoms. The highest BCUT2D eigenvalue weighted by atomic mass is 14.2. The molecular formula is C38H24. The fourth-order valence-corrected chi connectivity index (χ4v) is 6.33. The molecule has 0 spiro atoms. The quantitative estimate of drug-likeness (QED) is 0.170. The van der Waals surface area contributed by atoms with Gasteiger partial charge in [0.05, 0.1) is 0 Å². The molecule has 0 radical (unpaired) electrons. The Morgan fingerprint density at radius 2 is 0.684 bits per heavy atom. The highest BCUT2D eigenvalue weighted by Gasteiger charge is 2.17.